The number of carbonyl (C=O) groups is 2. The predicted molar refractivity (Wildman–Crippen MR) is 121 cm³/mol. The van der Waals surface area contributed by atoms with Crippen LogP contribution in [0.4, 0.5) is 0 Å². The molecule has 2 aliphatic heterocycles. The van der Waals surface area contributed by atoms with Crippen LogP contribution < -0.4 is 4.74 Å². The van der Waals surface area contributed by atoms with E-state index in [9.17, 15) is 9.59 Å². The van der Waals surface area contributed by atoms with Crippen molar-refractivity contribution < 1.29 is 14.3 Å². The van der Waals surface area contributed by atoms with Crippen molar-refractivity contribution in [3.05, 3.63) is 65.7 Å². The summed E-state index contributed by atoms with van der Waals surface area (Å²) in [6, 6.07) is 17.6. The summed E-state index contributed by atoms with van der Waals surface area (Å²) in [5.41, 5.74) is 1.56. The van der Waals surface area contributed by atoms with E-state index in [2.05, 4.69) is 6.07 Å². The van der Waals surface area contributed by atoms with E-state index >= 15 is 0 Å². The summed E-state index contributed by atoms with van der Waals surface area (Å²) in [6.07, 6.45) is 2.91. The van der Waals surface area contributed by atoms with Gasteiger partial charge in [0.25, 0.3) is 5.91 Å². The lowest BCUT2D eigenvalue weighted by Gasteiger charge is -2.47. The highest BCUT2D eigenvalue weighted by molar-refractivity contribution is 5.94. The number of amides is 2. The normalized spacial score (nSPS) is 19.4. The Morgan fingerprint density at radius 1 is 1.00 bits per heavy atom. The Bertz CT molecular complexity index is 915. The van der Waals surface area contributed by atoms with Gasteiger partial charge in [-0.25, -0.2) is 0 Å². The molecule has 2 heterocycles. The van der Waals surface area contributed by atoms with Crippen LogP contribution in [0.15, 0.2) is 54.6 Å². The molecule has 164 valence electrons. The van der Waals surface area contributed by atoms with Crippen molar-refractivity contribution >= 4 is 11.8 Å². The lowest BCUT2D eigenvalue weighted by Crippen LogP contribution is -2.52. The lowest BCUT2D eigenvalue weighted by atomic mass is 9.76. The molecule has 2 amide bonds. The molecule has 1 spiro atoms. The van der Waals surface area contributed by atoms with Crippen LogP contribution in [0.25, 0.3) is 0 Å². The zero-order chi connectivity index (χ0) is 21.8. The minimum absolute atomic E-state index is 0.0833. The number of nitrogens with zero attached hydrogens (tertiary/aromatic N) is 2. The van der Waals surface area contributed by atoms with Crippen LogP contribution in [0.3, 0.4) is 0 Å². The maximum absolute atomic E-state index is 12.9. The summed E-state index contributed by atoms with van der Waals surface area (Å²) in [7, 11) is 0. The molecule has 0 aromatic heterocycles. The molecule has 5 heteroatoms. The summed E-state index contributed by atoms with van der Waals surface area (Å²) < 4.78 is 6.56. The molecule has 2 aromatic rings. The van der Waals surface area contributed by atoms with E-state index in [-0.39, 0.29) is 23.3 Å². The number of benzene rings is 2. The van der Waals surface area contributed by atoms with Gasteiger partial charge in [0.05, 0.1) is 0 Å². The molecule has 5 nitrogen and oxygen atoms in total. The quantitative estimate of drug-likeness (QED) is 0.716. The summed E-state index contributed by atoms with van der Waals surface area (Å²) in [6.45, 7) is 6.88. The molecule has 0 saturated carbocycles. The van der Waals surface area contributed by atoms with Gasteiger partial charge in [-0.1, -0.05) is 36.4 Å². The van der Waals surface area contributed by atoms with E-state index in [0.29, 0.717) is 19.5 Å². The molecular formula is C26H32N2O3. The van der Waals surface area contributed by atoms with E-state index in [1.807, 2.05) is 72.2 Å². The van der Waals surface area contributed by atoms with E-state index in [1.165, 1.54) is 0 Å². The minimum Gasteiger partial charge on any atom is -0.487 e. The molecule has 0 unspecified atom stereocenters. The average Bonchev–Trinajstić information content (AvgIpc) is 2.80. The molecule has 0 aliphatic carbocycles. The van der Waals surface area contributed by atoms with Gasteiger partial charge in [-0.15, -0.1) is 0 Å². The van der Waals surface area contributed by atoms with Crippen LogP contribution in [0.5, 0.6) is 5.75 Å². The molecule has 1 saturated heterocycles. The first kappa shape index (κ1) is 21.4. The highest BCUT2D eigenvalue weighted by Gasteiger charge is 2.44. The standard InChI is InChI=1S/C26H32N2O3/c1-3-27(4-2)24(29)18-21-19-26(31-23-13-9-8-12-22(21)23)14-16-28(17-15-26)25(30)20-10-6-5-7-11-20/h5-13,21H,3-4,14-19H2,1-2H3/t21-/m0/s1. The highest BCUT2D eigenvalue weighted by atomic mass is 16.5. The van der Waals surface area contributed by atoms with Gasteiger partial charge >= 0.3 is 0 Å². The maximum atomic E-state index is 12.9. The van der Waals surface area contributed by atoms with Gasteiger partial charge in [0.15, 0.2) is 0 Å². The van der Waals surface area contributed by atoms with Crippen LogP contribution in [-0.4, -0.2) is 53.4 Å². The number of hydrogen-bond donors (Lipinski definition) is 0. The highest BCUT2D eigenvalue weighted by Crippen LogP contribution is 2.46. The molecule has 1 fully saturated rings. The van der Waals surface area contributed by atoms with Gasteiger partial charge in [0, 0.05) is 56.9 Å². The summed E-state index contributed by atoms with van der Waals surface area (Å²) in [5.74, 6) is 1.34. The molecule has 4 rings (SSSR count). The van der Waals surface area contributed by atoms with Gasteiger partial charge in [-0.2, -0.15) is 0 Å². The molecule has 31 heavy (non-hydrogen) atoms. The number of fused-ring (bicyclic) bond motifs is 1. The molecule has 2 aromatic carbocycles. The molecule has 0 bridgehead atoms. The Morgan fingerprint density at radius 3 is 2.32 bits per heavy atom. The maximum Gasteiger partial charge on any atom is 0.253 e. The van der Waals surface area contributed by atoms with E-state index in [4.69, 9.17) is 4.74 Å². The third-order valence-corrected chi connectivity index (χ3v) is 6.82. The second kappa shape index (κ2) is 9.13. The Kier molecular flexibility index (Phi) is 6.30. The second-order valence-corrected chi connectivity index (χ2v) is 8.65. The van der Waals surface area contributed by atoms with Gasteiger partial charge < -0.3 is 14.5 Å². The van der Waals surface area contributed by atoms with E-state index in [0.717, 1.165) is 49.2 Å². The summed E-state index contributed by atoms with van der Waals surface area (Å²) >= 11 is 0. The second-order valence-electron chi connectivity index (χ2n) is 8.65. The fraction of sp³-hybridized carbons (Fsp3) is 0.462. The SMILES string of the molecule is CCN(CC)C(=O)C[C@H]1CC2(CCN(C(=O)c3ccccc3)CC2)Oc2ccccc21. The topological polar surface area (TPSA) is 49.9 Å². The van der Waals surface area contributed by atoms with Crippen molar-refractivity contribution in [2.45, 2.75) is 51.0 Å². The Labute approximate surface area is 185 Å². The zero-order valence-corrected chi connectivity index (χ0v) is 18.5. The van der Waals surface area contributed by atoms with Crippen molar-refractivity contribution in [3.63, 3.8) is 0 Å². The van der Waals surface area contributed by atoms with Gasteiger partial charge in [-0.05, 0) is 44.0 Å². The van der Waals surface area contributed by atoms with E-state index < -0.39 is 0 Å². The van der Waals surface area contributed by atoms with Crippen LogP contribution in [0.1, 0.15) is 61.4 Å². The largest absolute Gasteiger partial charge is 0.487 e. The van der Waals surface area contributed by atoms with Crippen molar-refractivity contribution in [2.24, 2.45) is 0 Å². The first-order valence-electron chi connectivity index (χ1n) is 11.5. The monoisotopic (exact) mass is 420 g/mol. The molecular weight excluding hydrogens is 388 g/mol. The number of piperidine rings is 1. The number of ether oxygens (including phenoxy) is 1. The number of carbonyl (C=O) groups excluding carboxylic acids is 2. The molecule has 2 aliphatic rings. The Balaban J connectivity index is 1.50. The van der Waals surface area contributed by atoms with Crippen molar-refractivity contribution in [3.8, 4) is 5.75 Å². The fourth-order valence-electron chi connectivity index (χ4n) is 5.03. The Morgan fingerprint density at radius 2 is 1.65 bits per heavy atom. The van der Waals surface area contributed by atoms with E-state index in [1.54, 1.807) is 0 Å². The van der Waals surface area contributed by atoms with Crippen molar-refractivity contribution in [2.75, 3.05) is 26.2 Å². The van der Waals surface area contributed by atoms with Gasteiger partial charge in [-0.3, -0.25) is 9.59 Å². The lowest BCUT2D eigenvalue weighted by molar-refractivity contribution is -0.131. The Hall–Kier alpha value is -2.82. The summed E-state index contributed by atoms with van der Waals surface area (Å²) in [4.78, 5) is 29.6. The minimum atomic E-state index is -0.309. The third-order valence-electron chi connectivity index (χ3n) is 6.82. The van der Waals surface area contributed by atoms with Gasteiger partial charge in [0.2, 0.25) is 5.91 Å². The van der Waals surface area contributed by atoms with Crippen molar-refractivity contribution in [1.82, 2.24) is 9.80 Å². The third kappa shape index (κ3) is 4.46. The molecule has 0 N–H and O–H groups in total. The van der Waals surface area contributed by atoms with Crippen LogP contribution in [-0.2, 0) is 4.79 Å². The van der Waals surface area contributed by atoms with Crippen LogP contribution in [0.2, 0.25) is 0 Å². The molecule has 0 radical (unpaired) electrons. The van der Waals surface area contributed by atoms with Crippen LogP contribution >= 0.6 is 0 Å². The molecule has 1 atom stereocenters. The number of likely N-dealkylation sites (tertiary alicyclic amines) is 1. The smallest absolute Gasteiger partial charge is 0.253 e. The zero-order valence-electron chi connectivity index (χ0n) is 18.5. The number of para-hydroxylation sites is 1. The van der Waals surface area contributed by atoms with Gasteiger partial charge in [0.1, 0.15) is 11.4 Å². The predicted octanol–water partition coefficient (Wildman–Crippen LogP) is 4.49. The summed E-state index contributed by atoms with van der Waals surface area (Å²) in [5, 5.41) is 0. The number of rotatable bonds is 5. The first-order chi connectivity index (χ1) is 15.0. The van der Waals surface area contributed by atoms with Crippen molar-refractivity contribution in [1.29, 1.82) is 0 Å². The number of hydrogen-bond acceptors (Lipinski definition) is 3. The first-order valence-corrected chi connectivity index (χ1v) is 11.5. The average molecular weight is 421 g/mol. The fourth-order valence-corrected chi connectivity index (χ4v) is 5.03. The van der Waals surface area contributed by atoms with Crippen LogP contribution in [0, 0.1) is 0 Å².